The van der Waals surface area contributed by atoms with E-state index in [1.165, 1.54) is 15.8 Å². The van der Waals surface area contributed by atoms with Gasteiger partial charge in [-0.15, -0.1) is 11.3 Å². The Morgan fingerprint density at radius 1 is 1.24 bits per heavy atom. The highest BCUT2D eigenvalue weighted by Gasteiger charge is 2.02. The third kappa shape index (κ3) is 3.27. The number of nitrogens with one attached hydrogen (secondary N) is 1. The van der Waals surface area contributed by atoms with Crippen molar-refractivity contribution in [2.24, 2.45) is 0 Å². The first-order valence-corrected chi connectivity index (χ1v) is 7.75. The van der Waals surface area contributed by atoms with Gasteiger partial charge in [0, 0.05) is 28.4 Å². The SMILES string of the molecule is N#Cc1csc(CNCCc2cccc3cccnc23)c1. The van der Waals surface area contributed by atoms with Crippen molar-refractivity contribution in [2.45, 2.75) is 13.0 Å². The van der Waals surface area contributed by atoms with Crippen LogP contribution in [0, 0.1) is 11.3 Å². The van der Waals surface area contributed by atoms with Crippen molar-refractivity contribution in [1.82, 2.24) is 10.3 Å². The Morgan fingerprint density at radius 3 is 3.00 bits per heavy atom. The van der Waals surface area contributed by atoms with Crippen molar-refractivity contribution in [3.8, 4) is 6.07 Å². The first-order chi connectivity index (χ1) is 10.4. The van der Waals surface area contributed by atoms with E-state index < -0.39 is 0 Å². The first kappa shape index (κ1) is 13.7. The zero-order valence-corrected chi connectivity index (χ0v) is 12.4. The minimum absolute atomic E-state index is 0.745. The lowest BCUT2D eigenvalue weighted by molar-refractivity contribution is 0.695. The molecule has 0 aliphatic heterocycles. The molecule has 21 heavy (non-hydrogen) atoms. The molecule has 2 aromatic heterocycles. The molecule has 0 amide bonds. The summed E-state index contributed by atoms with van der Waals surface area (Å²) in [5.74, 6) is 0. The topological polar surface area (TPSA) is 48.7 Å². The van der Waals surface area contributed by atoms with Gasteiger partial charge in [-0.25, -0.2) is 0 Å². The molecule has 1 N–H and O–H groups in total. The minimum Gasteiger partial charge on any atom is -0.312 e. The number of fused-ring (bicyclic) bond motifs is 1. The van der Waals surface area contributed by atoms with Crippen molar-refractivity contribution in [3.63, 3.8) is 0 Å². The lowest BCUT2D eigenvalue weighted by Gasteiger charge is -2.06. The predicted molar refractivity (Wildman–Crippen MR) is 86.2 cm³/mol. The molecule has 0 bridgehead atoms. The van der Waals surface area contributed by atoms with Gasteiger partial charge in [0.1, 0.15) is 6.07 Å². The van der Waals surface area contributed by atoms with Crippen LogP contribution in [0.3, 0.4) is 0 Å². The Hall–Kier alpha value is -2.22. The summed E-state index contributed by atoms with van der Waals surface area (Å²) in [5.41, 5.74) is 3.10. The van der Waals surface area contributed by atoms with Crippen molar-refractivity contribution in [2.75, 3.05) is 6.54 Å². The van der Waals surface area contributed by atoms with Crippen LogP contribution >= 0.6 is 11.3 Å². The molecule has 2 heterocycles. The molecule has 3 rings (SSSR count). The molecule has 0 saturated heterocycles. The standard InChI is InChI=1S/C17H15N3S/c18-10-13-9-16(21-12-13)11-19-8-6-15-4-1-3-14-5-2-7-20-17(14)15/h1-5,7,9,12,19H,6,8,11H2. The number of hydrogen-bond donors (Lipinski definition) is 1. The molecule has 0 fully saturated rings. The second-order valence-electron chi connectivity index (χ2n) is 4.83. The molecule has 0 unspecified atom stereocenters. The highest BCUT2D eigenvalue weighted by molar-refractivity contribution is 7.10. The lowest BCUT2D eigenvalue weighted by Crippen LogP contribution is -2.16. The van der Waals surface area contributed by atoms with E-state index in [1.54, 1.807) is 11.3 Å². The summed E-state index contributed by atoms with van der Waals surface area (Å²) < 4.78 is 0. The Morgan fingerprint density at radius 2 is 2.14 bits per heavy atom. The summed E-state index contributed by atoms with van der Waals surface area (Å²) in [7, 11) is 0. The maximum Gasteiger partial charge on any atom is 0.100 e. The van der Waals surface area contributed by atoms with Gasteiger partial charge >= 0.3 is 0 Å². The van der Waals surface area contributed by atoms with Gasteiger partial charge < -0.3 is 5.32 Å². The minimum atomic E-state index is 0.745. The van der Waals surface area contributed by atoms with Crippen molar-refractivity contribution in [3.05, 3.63) is 64.0 Å². The fraction of sp³-hybridized carbons (Fsp3) is 0.176. The number of nitriles is 1. The van der Waals surface area contributed by atoms with Crippen LogP contribution in [0.1, 0.15) is 16.0 Å². The molecule has 0 spiro atoms. The van der Waals surface area contributed by atoms with E-state index in [0.29, 0.717) is 0 Å². The summed E-state index contributed by atoms with van der Waals surface area (Å²) in [6.45, 7) is 1.71. The predicted octanol–water partition coefficient (Wildman–Crippen LogP) is 3.50. The van der Waals surface area contributed by atoms with Crippen LogP contribution in [0.5, 0.6) is 0 Å². The lowest BCUT2D eigenvalue weighted by atomic mass is 10.1. The van der Waals surface area contributed by atoms with Crippen molar-refractivity contribution >= 4 is 22.2 Å². The van der Waals surface area contributed by atoms with Gasteiger partial charge in [-0.05, 0) is 30.7 Å². The van der Waals surface area contributed by atoms with E-state index in [0.717, 1.165) is 30.6 Å². The van der Waals surface area contributed by atoms with E-state index in [4.69, 9.17) is 5.26 Å². The molecule has 3 nitrogen and oxygen atoms in total. The van der Waals surface area contributed by atoms with E-state index in [-0.39, 0.29) is 0 Å². The van der Waals surface area contributed by atoms with Crippen LogP contribution in [0.4, 0.5) is 0 Å². The fourth-order valence-corrected chi connectivity index (χ4v) is 3.12. The number of nitrogens with zero attached hydrogens (tertiary/aromatic N) is 2. The van der Waals surface area contributed by atoms with Crippen molar-refractivity contribution in [1.29, 1.82) is 5.26 Å². The average Bonchev–Trinajstić information content (AvgIpc) is 3.00. The summed E-state index contributed by atoms with van der Waals surface area (Å²) in [6.07, 6.45) is 2.79. The largest absolute Gasteiger partial charge is 0.312 e. The van der Waals surface area contributed by atoms with Gasteiger partial charge in [-0.1, -0.05) is 24.3 Å². The molecule has 0 saturated carbocycles. The van der Waals surface area contributed by atoms with Crippen LogP contribution in [-0.2, 0) is 13.0 Å². The summed E-state index contributed by atoms with van der Waals surface area (Å²) >= 11 is 1.63. The van der Waals surface area contributed by atoms with Gasteiger partial charge in [0.25, 0.3) is 0 Å². The number of rotatable bonds is 5. The molecule has 0 aliphatic carbocycles. The Bertz CT molecular complexity index is 781. The van der Waals surface area contributed by atoms with E-state index >= 15 is 0 Å². The molecule has 0 aliphatic rings. The maximum absolute atomic E-state index is 8.80. The quantitative estimate of drug-likeness (QED) is 0.732. The van der Waals surface area contributed by atoms with Gasteiger partial charge in [-0.2, -0.15) is 5.26 Å². The van der Waals surface area contributed by atoms with Crippen LogP contribution < -0.4 is 5.32 Å². The molecule has 1 aromatic carbocycles. The second kappa shape index (κ2) is 6.49. The van der Waals surface area contributed by atoms with Gasteiger partial charge in [0.05, 0.1) is 11.1 Å². The zero-order chi connectivity index (χ0) is 14.5. The highest BCUT2D eigenvalue weighted by atomic mass is 32.1. The number of thiophene rings is 1. The second-order valence-corrected chi connectivity index (χ2v) is 5.83. The van der Waals surface area contributed by atoms with Crippen LogP contribution in [0.2, 0.25) is 0 Å². The van der Waals surface area contributed by atoms with Gasteiger partial charge in [-0.3, -0.25) is 4.98 Å². The Kier molecular flexibility index (Phi) is 4.25. The maximum atomic E-state index is 8.80. The Labute approximate surface area is 127 Å². The third-order valence-electron chi connectivity index (χ3n) is 3.37. The molecule has 0 atom stereocenters. The normalized spacial score (nSPS) is 10.6. The number of benzene rings is 1. The third-order valence-corrected chi connectivity index (χ3v) is 4.31. The molecule has 104 valence electrons. The highest BCUT2D eigenvalue weighted by Crippen LogP contribution is 2.16. The number of hydrogen-bond acceptors (Lipinski definition) is 4. The first-order valence-electron chi connectivity index (χ1n) is 6.87. The fourth-order valence-electron chi connectivity index (χ4n) is 2.34. The Balaban J connectivity index is 1.58. The smallest absolute Gasteiger partial charge is 0.100 e. The van der Waals surface area contributed by atoms with E-state index in [1.807, 2.05) is 23.7 Å². The number of aromatic nitrogens is 1. The van der Waals surface area contributed by atoms with Gasteiger partial charge in [0.15, 0.2) is 0 Å². The van der Waals surface area contributed by atoms with Crippen LogP contribution in [0.25, 0.3) is 10.9 Å². The van der Waals surface area contributed by atoms with Crippen molar-refractivity contribution < 1.29 is 0 Å². The average molecular weight is 293 g/mol. The molecule has 4 heteroatoms. The molecular weight excluding hydrogens is 278 g/mol. The molecule has 0 radical (unpaired) electrons. The summed E-state index contributed by atoms with van der Waals surface area (Å²) in [4.78, 5) is 5.67. The molecule has 3 aromatic rings. The number of para-hydroxylation sites is 1. The summed E-state index contributed by atoms with van der Waals surface area (Å²) in [5, 5.41) is 15.3. The van der Waals surface area contributed by atoms with E-state index in [9.17, 15) is 0 Å². The van der Waals surface area contributed by atoms with Crippen LogP contribution in [-0.4, -0.2) is 11.5 Å². The monoisotopic (exact) mass is 293 g/mol. The molecular formula is C17H15N3S. The summed E-state index contributed by atoms with van der Waals surface area (Å²) in [6, 6.07) is 14.5. The van der Waals surface area contributed by atoms with E-state index in [2.05, 4.69) is 40.6 Å². The number of pyridine rings is 1. The van der Waals surface area contributed by atoms with Gasteiger partial charge in [0.2, 0.25) is 0 Å². The van der Waals surface area contributed by atoms with Crippen LogP contribution in [0.15, 0.2) is 48.0 Å². The zero-order valence-electron chi connectivity index (χ0n) is 11.5.